The molecule has 0 N–H and O–H groups in total. The van der Waals surface area contributed by atoms with Crippen LogP contribution in [-0.4, -0.2) is 43.4 Å². The van der Waals surface area contributed by atoms with Gasteiger partial charge in [0, 0.05) is 6.04 Å². The maximum atomic E-state index is 12.9. The average Bonchev–Trinajstić information content (AvgIpc) is 3.16. The second kappa shape index (κ2) is 7.79. The van der Waals surface area contributed by atoms with Crippen LogP contribution in [0.25, 0.3) is 0 Å². The van der Waals surface area contributed by atoms with Gasteiger partial charge < -0.3 is 14.1 Å². The van der Waals surface area contributed by atoms with Crippen LogP contribution < -0.4 is 4.74 Å². The number of amides is 1. The Kier molecular flexibility index (Phi) is 5.67. The van der Waals surface area contributed by atoms with Crippen molar-refractivity contribution < 1.29 is 26.8 Å². The molecule has 0 radical (unpaired) electrons. The van der Waals surface area contributed by atoms with E-state index in [9.17, 15) is 17.6 Å². The summed E-state index contributed by atoms with van der Waals surface area (Å²) >= 11 is 3.21. The van der Waals surface area contributed by atoms with Gasteiger partial charge in [-0.1, -0.05) is 0 Å². The lowest BCUT2D eigenvalue weighted by Gasteiger charge is -2.27. The van der Waals surface area contributed by atoms with Crippen LogP contribution in [0.3, 0.4) is 0 Å². The SMILES string of the molecule is O=C(COc1ccc(F)cc1)N(Cc1ccc(Br)o1)[C@H]1CCS(=O)(=O)C1. The van der Waals surface area contributed by atoms with Gasteiger partial charge in [0.05, 0.1) is 18.1 Å². The molecule has 0 aliphatic carbocycles. The summed E-state index contributed by atoms with van der Waals surface area (Å²) in [7, 11) is -3.15. The van der Waals surface area contributed by atoms with Crippen LogP contribution in [0.2, 0.25) is 0 Å². The summed E-state index contributed by atoms with van der Waals surface area (Å²) in [5.74, 6) is 0.129. The lowest BCUT2D eigenvalue weighted by Crippen LogP contribution is -2.43. The number of carbonyl (C=O) groups excluding carboxylic acids is 1. The fourth-order valence-corrected chi connectivity index (χ4v) is 4.88. The molecule has 0 saturated carbocycles. The minimum atomic E-state index is -3.15. The Balaban J connectivity index is 1.71. The van der Waals surface area contributed by atoms with Gasteiger partial charge in [0.15, 0.2) is 21.1 Å². The predicted octanol–water partition coefficient (Wildman–Crippen LogP) is 2.78. The molecule has 6 nitrogen and oxygen atoms in total. The van der Waals surface area contributed by atoms with Crippen LogP contribution >= 0.6 is 15.9 Å². The fraction of sp³-hybridized carbons (Fsp3) is 0.353. The summed E-state index contributed by atoms with van der Waals surface area (Å²) < 4.78 is 47.9. The van der Waals surface area contributed by atoms with Gasteiger partial charge in [-0.2, -0.15) is 0 Å². The second-order valence-corrected chi connectivity index (χ2v) is 9.04. The lowest BCUT2D eigenvalue weighted by atomic mass is 10.2. The highest BCUT2D eigenvalue weighted by Gasteiger charge is 2.35. The Labute approximate surface area is 159 Å². The van der Waals surface area contributed by atoms with E-state index < -0.39 is 21.7 Å². The highest BCUT2D eigenvalue weighted by Crippen LogP contribution is 2.23. The molecular weight excluding hydrogens is 429 g/mol. The van der Waals surface area contributed by atoms with Gasteiger partial charge in [-0.15, -0.1) is 0 Å². The topological polar surface area (TPSA) is 76.8 Å². The molecule has 1 aromatic heterocycles. The van der Waals surface area contributed by atoms with Crippen molar-refractivity contribution in [3.05, 3.63) is 52.6 Å². The number of sulfone groups is 1. The molecule has 9 heteroatoms. The summed E-state index contributed by atoms with van der Waals surface area (Å²) in [4.78, 5) is 14.1. The number of hydrogen-bond acceptors (Lipinski definition) is 5. The molecule has 3 rings (SSSR count). The second-order valence-electron chi connectivity index (χ2n) is 6.03. The van der Waals surface area contributed by atoms with Gasteiger partial charge in [0.2, 0.25) is 0 Å². The zero-order chi connectivity index (χ0) is 18.7. The van der Waals surface area contributed by atoms with Crippen molar-refractivity contribution in [3.8, 4) is 5.75 Å². The highest BCUT2D eigenvalue weighted by molar-refractivity contribution is 9.10. The molecule has 1 atom stereocenters. The quantitative estimate of drug-likeness (QED) is 0.682. The fourth-order valence-electron chi connectivity index (χ4n) is 2.81. The van der Waals surface area contributed by atoms with E-state index in [4.69, 9.17) is 9.15 Å². The standard InChI is InChI=1S/C17H17BrFNO5S/c18-16-6-5-15(25-16)9-20(13-7-8-26(22,23)11-13)17(21)10-24-14-3-1-12(19)2-4-14/h1-6,13H,7-11H2/t13-/m0/s1. The number of carbonyl (C=O) groups is 1. The summed E-state index contributed by atoms with van der Waals surface area (Å²) in [5.41, 5.74) is 0. The maximum absolute atomic E-state index is 12.9. The van der Waals surface area contributed by atoms with E-state index in [1.807, 2.05) is 0 Å². The molecule has 140 valence electrons. The molecule has 0 unspecified atom stereocenters. The first-order valence-corrected chi connectivity index (χ1v) is 10.6. The van der Waals surface area contributed by atoms with Crippen molar-refractivity contribution in [3.63, 3.8) is 0 Å². The maximum Gasteiger partial charge on any atom is 0.261 e. The van der Waals surface area contributed by atoms with Crippen LogP contribution in [-0.2, 0) is 21.2 Å². The zero-order valence-electron chi connectivity index (χ0n) is 13.7. The molecule has 1 aliphatic rings. The summed E-state index contributed by atoms with van der Waals surface area (Å²) in [6.45, 7) is -0.124. The molecule has 2 heterocycles. The van der Waals surface area contributed by atoms with E-state index in [1.165, 1.54) is 29.2 Å². The van der Waals surface area contributed by atoms with E-state index in [0.717, 1.165) is 0 Å². The molecule has 1 aliphatic heterocycles. The average molecular weight is 446 g/mol. The Morgan fingerprint density at radius 3 is 2.58 bits per heavy atom. The molecule has 1 amide bonds. The Hall–Kier alpha value is -1.87. The Bertz CT molecular complexity index is 881. The lowest BCUT2D eigenvalue weighted by molar-refractivity contribution is -0.136. The number of hydrogen-bond donors (Lipinski definition) is 0. The van der Waals surface area contributed by atoms with Crippen LogP contribution in [0, 0.1) is 5.82 Å². The number of ether oxygens (including phenoxy) is 1. The van der Waals surface area contributed by atoms with Gasteiger partial charge in [0.1, 0.15) is 17.3 Å². The molecule has 26 heavy (non-hydrogen) atoms. The van der Waals surface area contributed by atoms with Gasteiger partial charge >= 0.3 is 0 Å². The third-order valence-electron chi connectivity index (χ3n) is 4.10. The summed E-state index contributed by atoms with van der Waals surface area (Å²) in [5, 5.41) is 0. The molecule has 0 bridgehead atoms. The van der Waals surface area contributed by atoms with Crippen LogP contribution in [0.5, 0.6) is 5.75 Å². The van der Waals surface area contributed by atoms with Gasteiger partial charge in [-0.05, 0) is 58.7 Å². The third kappa shape index (κ3) is 4.85. The molecule has 1 saturated heterocycles. The number of halogens is 2. The van der Waals surface area contributed by atoms with Gasteiger partial charge in [-0.3, -0.25) is 4.79 Å². The number of nitrogens with zero attached hydrogens (tertiary/aromatic N) is 1. The van der Waals surface area contributed by atoms with Crippen molar-refractivity contribution in [2.45, 2.75) is 19.0 Å². The van der Waals surface area contributed by atoms with E-state index in [2.05, 4.69) is 15.9 Å². The third-order valence-corrected chi connectivity index (χ3v) is 6.28. The first kappa shape index (κ1) is 18.9. The first-order valence-electron chi connectivity index (χ1n) is 7.95. The Morgan fingerprint density at radius 2 is 2.00 bits per heavy atom. The van der Waals surface area contributed by atoms with Crippen molar-refractivity contribution in [1.82, 2.24) is 4.90 Å². The summed E-state index contributed by atoms with van der Waals surface area (Å²) in [6, 6.07) is 8.33. The van der Waals surface area contributed by atoms with E-state index in [-0.39, 0.29) is 30.6 Å². The number of benzene rings is 1. The zero-order valence-corrected chi connectivity index (χ0v) is 16.1. The number of furan rings is 1. The van der Waals surface area contributed by atoms with E-state index in [1.54, 1.807) is 12.1 Å². The van der Waals surface area contributed by atoms with Gasteiger partial charge in [0.25, 0.3) is 5.91 Å². The molecule has 1 aromatic carbocycles. The van der Waals surface area contributed by atoms with E-state index in [0.29, 0.717) is 22.6 Å². The van der Waals surface area contributed by atoms with Crippen molar-refractivity contribution in [2.24, 2.45) is 0 Å². The normalized spacial score (nSPS) is 18.6. The first-order chi connectivity index (χ1) is 12.3. The van der Waals surface area contributed by atoms with Crippen molar-refractivity contribution >= 4 is 31.7 Å². The molecule has 0 spiro atoms. The molecular formula is C17H17BrFNO5S. The van der Waals surface area contributed by atoms with Crippen LogP contribution in [0.15, 0.2) is 45.5 Å². The minimum absolute atomic E-state index is 0.0577. The van der Waals surface area contributed by atoms with Gasteiger partial charge in [-0.25, -0.2) is 12.8 Å². The van der Waals surface area contributed by atoms with E-state index >= 15 is 0 Å². The van der Waals surface area contributed by atoms with Crippen molar-refractivity contribution in [1.29, 1.82) is 0 Å². The smallest absolute Gasteiger partial charge is 0.261 e. The predicted molar refractivity (Wildman–Crippen MR) is 95.9 cm³/mol. The number of rotatable bonds is 6. The van der Waals surface area contributed by atoms with Crippen LogP contribution in [0.1, 0.15) is 12.2 Å². The summed E-state index contributed by atoms with van der Waals surface area (Å²) in [6.07, 6.45) is 0.381. The molecule has 2 aromatic rings. The van der Waals surface area contributed by atoms with Crippen molar-refractivity contribution in [2.75, 3.05) is 18.1 Å². The minimum Gasteiger partial charge on any atom is -0.484 e. The largest absolute Gasteiger partial charge is 0.484 e. The highest BCUT2D eigenvalue weighted by atomic mass is 79.9. The Morgan fingerprint density at radius 1 is 1.27 bits per heavy atom. The monoisotopic (exact) mass is 445 g/mol. The van der Waals surface area contributed by atoms with Crippen LogP contribution in [0.4, 0.5) is 4.39 Å². The molecule has 1 fully saturated rings.